The molecule has 2 rings (SSSR count). The molecule has 0 aliphatic heterocycles. The van der Waals surface area contributed by atoms with Crippen molar-refractivity contribution in [1.29, 1.82) is 0 Å². The van der Waals surface area contributed by atoms with E-state index in [1.165, 1.54) is 0 Å². The maximum absolute atomic E-state index is 12.0. The predicted octanol–water partition coefficient (Wildman–Crippen LogP) is 3.27. The van der Waals surface area contributed by atoms with Crippen molar-refractivity contribution in [3.63, 3.8) is 0 Å². The molecule has 0 bridgehead atoms. The lowest BCUT2D eigenvalue weighted by Gasteiger charge is -2.10. The van der Waals surface area contributed by atoms with Crippen LogP contribution in [0.2, 0.25) is 5.02 Å². The summed E-state index contributed by atoms with van der Waals surface area (Å²) in [5, 5.41) is 0.576. The van der Waals surface area contributed by atoms with Crippen LogP contribution in [0.15, 0.2) is 48.5 Å². The first-order valence-corrected chi connectivity index (χ1v) is 8.26. The summed E-state index contributed by atoms with van der Waals surface area (Å²) >= 11 is 6.08. The summed E-state index contributed by atoms with van der Waals surface area (Å²) in [6.45, 7) is 2.12. The maximum atomic E-state index is 12.0. The van der Waals surface area contributed by atoms with Gasteiger partial charge in [0, 0.05) is 11.6 Å². The Balaban J connectivity index is 2.06. The van der Waals surface area contributed by atoms with Crippen molar-refractivity contribution in [3.8, 4) is 0 Å². The van der Waals surface area contributed by atoms with E-state index >= 15 is 0 Å². The zero-order chi connectivity index (χ0) is 14.6. The molecule has 0 aromatic heterocycles. The zero-order valence-corrected chi connectivity index (χ0v) is 12.7. The molecular weight excluding hydrogens is 294 g/mol. The van der Waals surface area contributed by atoms with Crippen LogP contribution in [0.4, 0.5) is 0 Å². The molecule has 0 radical (unpaired) electrons. The first-order chi connectivity index (χ1) is 9.48. The number of hydrogen-bond donors (Lipinski definition) is 1. The Labute approximate surface area is 124 Å². The minimum atomic E-state index is -3.37. The Bertz CT molecular complexity index is 664. The molecule has 3 nitrogen and oxygen atoms in total. The molecule has 0 unspecified atom stereocenters. The highest BCUT2D eigenvalue weighted by atomic mass is 35.5. The van der Waals surface area contributed by atoms with E-state index < -0.39 is 10.0 Å². The van der Waals surface area contributed by atoms with Crippen LogP contribution in [0.5, 0.6) is 0 Å². The van der Waals surface area contributed by atoms with Gasteiger partial charge in [0.15, 0.2) is 0 Å². The van der Waals surface area contributed by atoms with Gasteiger partial charge in [0.05, 0.1) is 5.75 Å². The van der Waals surface area contributed by atoms with E-state index in [-0.39, 0.29) is 12.3 Å². The van der Waals surface area contributed by atoms with Crippen LogP contribution in [-0.2, 0) is 22.3 Å². The summed E-state index contributed by atoms with van der Waals surface area (Å²) < 4.78 is 26.7. The first kappa shape index (κ1) is 15.0. The van der Waals surface area contributed by atoms with E-state index in [9.17, 15) is 8.42 Å². The lowest BCUT2D eigenvalue weighted by Crippen LogP contribution is -2.25. The Hall–Kier alpha value is -1.36. The van der Waals surface area contributed by atoms with Gasteiger partial charge in [-0.2, -0.15) is 0 Å². The summed E-state index contributed by atoms with van der Waals surface area (Å²) in [5.41, 5.74) is 2.54. The molecule has 5 heteroatoms. The quantitative estimate of drug-likeness (QED) is 0.921. The van der Waals surface area contributed by atoms with E-state index in [1.54, 1.807) is 18.2 Å². The molecule has 1 N–H and O–H groups in total. The average Bonchev–Trinajstić information content (AvgIpc) is 2.38. The van der Waals surface area contributed by atoms with Crippen LogP contribution in [0.3, 0.4) is 0 Å². The SMILES string of the molecule is Cc1cccc(Cl)c1CNS(=O)(=O)Cc1ccccc1. The summed E-state index contributed by atoms with van der Waals surface area (Å²) in [6, 6.07) is 14.6. The van der Waals surface area contributed by atoms with Crippen molar-refractivity contribution in [2.75, 3.05) is 0 Å². The van der Waals surface area contributed by atoms with Crippen LogP contribution < -0.4 is 4.72 Å². The van der Waals surface area contributed by atoms with Gasteiger partial charge < -0.3 is 0 Å². The predicted molar refractivity (Wildman–Crippen MR) is 82.1 cm³/mol. The molecule has 0 amide bonds. The summed E-state index contributed by atoms with van der Waals surface area (Å²) in [6.07, 6.45) is 0. The van der Waals surface area contributed by atoms with Crippen LogP contribution in [0.25, 0.3) is 0 Å². The topological polar surface area (TPSA) is 46.2 Å². The van der Waals surface area contributed by atoms with Gasteiger partial charge in [-0.05, 0) is 29.7 Å². The fourth-order valence-electron chi connectivity index (χ4n) is 1.92. The molecule has 0 fully saturated rings. The van der Waals surface area contributed by atoms with Crippen molar-refractivity contribution >= 4 is 21.6 Å². The maximum Gasteiger partial charge on any atom is 0.216 e. The Morgan fingerprint density at radius 1 is 1.05 bits per heavy atom. The average molecular weight is 310 g/mol. The summed E-state index contributed by atoms with van der Waals surface area (Å²) in [4.78, 5) is 0. The molecule has 106 valence electrons. The number of benzene rings is 2. The van der Waals surface area contributed by atoms with E-state index in [1.807, 2.05) is 37.3 Å². The third-order valence-corrected chi connectivity index (χ3v) is 4.67. The lowest BCUT2D eigenvalue weighted by atomic mass is 10.1. The monoisotopic (exact) mass is 309 g/mol. The van der Waals surface area contributed by atoms with E-state index in [4.69, 9.17) is 11.6 Å². The molecule has 0 spiro atoms. The van der Waals surface area contributed by atoms with Crippen molar-refractivity contribution in [1.82, 2.24) is 4.72 Å². The second-order valence-electron chi connectivity index (χ2n) is 4.60. The normalized spacial score (nSPS) is 11.5. The number of sulfonamides is 1. The summed E-state index contributed by atoms with van der Waals surface area (Å²) in [7, 11) is -3.37. The van der Waals surface area contributed by atoms with E-state index in [0.717, 1.165) is 16.7 Å². The number of hydrogen-bond acceptors (Lipinski definition) is 2. The summed E-state index contributed by atoms with van der Waals surface area (Å²) in [5.74, 6) is -0.0304. The highest BCUT2D eigenvalue weighted by Gasteiger charge is 2.13. The molecule has 0 saturated carbocycles. The number of nitrogens with one attached hydrogen (secondary N) is 1. The number of halogens is 1. The van der Waals surface area contributed by atoms with Crippen molar-refractivity contribution in [2.24, 2.45) is 0 Å². The Morgan fingerprint density at radius 3 is 2.40 bits per heavy atom. The van der Waals surface area contributed by atoms with Gasteiger partial charge >= 0.3 is 0 Å². The fourth-order valence-corrected chi connectivity index (χ4v) is 3.30. The third-order valence-electron chi connectivity index (χ3n) is 3.02. The first-order valence-electron chi connectivity index (χ1n) is 6.23. The Kier molecular flexibility index (Phi) is 4.81. The van der Waals surface area contributed by atoms with Gasteiger partial charge in [-0.1, -0.05) is 54.1 Å². The van der Waals surface area contributed by atoms with Crippen molar-refractivity contribution in [3.05, 3.63) is 70.2 Å². The van der Waals surface area contributed by atoms with Gasteiger partial charge in [0.25, 0.3) is 0 Å². The largest absolute Gasteiger partial charge is 0.216 e. The standard InChI is InChI=1S/C15H16ClNO2S/c1-12-6-5-9-15(16)14(12)10-17-20(18,19)11-13-7-3-2-4-8-13/h2-9,17H,10-11H2,1H3. The van der Waals surface area contributed by atoms with Crippen LogP contribution in [0, 0.1) is 6.92 Å². The molecule has 2 aromatic rings. The van der Waals surface area contributed by atoms with E-state index in [0.29, 0.717) is 5.02 Å². The minimum Gasteiger partial charge on any atom is -0.212 e. The second-order valence-corrected chi connectivity index (χ2v) is 6.82. The molecule has 0 aliphatic rings. The highest BCUT2D eigenvalue weighted by molar-refractivity contribution is 7.88. The lowest BCUT2D eigenvalue weighted by molar-refractivity contribution is 0.580. The van der Waals surface area contributed by atoms with Crippen LogP contribution in [0.1, 0.15) is 16.7 Å². The smallest absolute Gasteiger partial charge is 0.212 e. The third kappa shape index (κ3) is 4.07. The molecule has 0 saturated heterocycles. The fraction of sp³-hybridized carbons (Fsp3) is 0.200. The van der Waals surface area contributed by atoms with Crippen LogP contribution >= 0.6 is 11.6 Å². The number of rotatable bonds is 5. The van der Waals surface area contributed by atoms with Crippen LogP contribution in [-0.4, -0.2) is 8.42 Å². The van der Waals surface area contributed by atoms with Gasteiger partial charge in [0.2, 0.25) is 10.0 Å². The number of aryl methyl sites for hydroxylation is 1. The molecule has 20 heavy (non-hydrogen) atoms. The van der Waals surface area contributed by atoms with Gasteiger partial charge in [-0.15, -0.1) is 0 Å². The molecular formula is C15H16ClNO2S. The van der Waals surface area contributed by atoms with Crippen molar-refractivity contribution in [2.45, 2.75) is 19.2 Å². The molecule has 0 atom stereocenters. The Morgan fingerprint density at radius 2 is 1.75 bits per heavy atom. The molecule has 0 aliphatic carbocycles. The molecule has 2 aromatic carbocycles. The van der Waals surface area contributed by atoms with Gasteiger partial charge in [0.1, 0.15) is 0 Å². The van der Waals surface area contributed by atoms with Gasteiger partial charge in [-0.3, -0.25) is 0 Å². The zero-order valence-electron chi connectivity index (χ0n) is 11.1. The highest BCUT2D eigenvalue weighted by Crippen LogP contribution is 2.19. The van der Waals surface area contributed by atoms with E-state index in [2.05, 4.69) is 4.72 Å². The molecule has 0 heterocycles. The van der Waals surface area contributed by atoms with Gasteiger partial charge in [-0.25, -0.2) is 13.1 Å². The minimum absolute atomic E-state index is 0.0304. The second kappa shape index (κ2) is 6.39. The van der Waals surface area contributed by atoms with Crippen molar-refractivity contribution < 1.29 is 8.42 Å².